The summed E-state index contributed by atoms with van der Waals surface area (Å²) in [5.74, 6) is 0.731. The number of carbonyl (C=O) groups is 1. The van der Waals surface area contributed by atoms with Crippen LogP contribution in [0.25, 0.3) is 10.2 Å². The molecular formula is C11H12BrN3O2S. The summed E-state index contributed by atoms with van der Waals surface area (Å²) in [6.07, 6.45) is 0. The molecular weight excluding hydrogens is 318 g/mol. The minimum absolute atomic E-state index is 0.255. The van der Waals surface area contributed by atoms with Crippen LogP contribution in [0.3, 0.4) is 0 Å². The molecule has 2 N–H and O–H groups in total. The van der Waals surface area contributed by atoms with Crippen molar-refractivity contribution in [1.82, 2.24) is 10.3 Å². The maximum absolute atomic E-state index is 11.4. The summed E-state index contributed by atoms with van der Waals surface area (Å²) in [7, 11) is 1.61. The van der Waals surface area contributed by atoms with Gasteiger partial charge in [-0.15, -0.1) is 0 Å². The number of urea groups is 1. The molecule has 2 rings (SSSR count). The molecule has 0 fully saturated rings. The number of halogens is 1. The Morgan fingerprint density at radius 3 is 3.00 bits per heavy atom. The van der Waals surface area contributed by atoms with Crippen molar-refractivity contribution < 1.29 is 9.53 Å². The molecule has 2 aromatic rings. The summed E-state index contributed by atoms with van der Waals surface area (Å²) in [5.41, 5.74) is 0.798. The van der Waals surface area contributed by atoms with Gasteiger partial charge in [-0.3, -0.25) is 5.32 Å². The predicted molar refractivity (Wildman–Crippen MR) is 76.6 cm³/mol. The molecule has 0 bridgehead atoms. The van der Waals surface area contributed by atoms with Gasteiger partial charge in [0.05, 0.1) is 21.8 Å². The summed E-state index contributed by atoms with van der Waals surface area (Å²) in [6, 6.07) is 3.49. The SMILES string of the molecule is CCNC(=O)Nc1nc2ccc(Br)c(OC)c2s1. The monoisotopic (exact) mass is 329 g/mol. The maximum Gasteiger partial charge on any atom is 0.321 e. The summed E-state index contributed by atoms with van der Waals surface area (Å²) in [6.45, 7) is 2.43. The van der Waals surface area contributed by atoms with Crippen molar-refractivity contribution in [3.8, 4) is 5.75 Å². The van der Waals surface area contributed by atoms with E-state index < -0.39 is 0 Å². The van der Waals surface area contributed by atoms with Crippen molar-refractivity contribution in [3.63, 3.8) is 0 Å². The number of nitrogens with one attached hydrogen (secondary N) is 2. The summed E-state index contributed by atoms with van der Waals surface area (Å²) < 4.78 is 7.09. The number of benzene rings is 1. The Labute approximate surface area is 117 Å². The lowest BCUT2D eigenvalue weighted by Gasteiger charge is -2.02. The molecule has 0 spiro atoms. The molecule has 5 nitrogen and oxygen atoms in total. The molecule has 1 aromatic carbocycles. The molecule has 0 aliphatic heterocycles. The number of ether oxygens (including phenoxy) is 1. The predicted octanol–water partition coefficient (Wildman–Crippen LogP) is 3.21. The highest BCUT2D eigenvalue weighted by molar-refractivity contribution is 9.10. The largest absolute Gasteiger partial charge is 0.494 e. The van der Waals surface area contributed by atoms with E-state index in [0.29, 0.717) is 11.7 Å². The second-order valence-electron chi connectivity index (χ2n) is 3.43. The van der Waals surface area contributed by atoms with Crippen LogP contribution in [0.15, 0.2) is 16.6 Å². The van der Waals surface area contributed by atoms with Gasteiger partial charge in [-0.05, 0) is 35.0 Å². The van der Waals surface area contributed by atoms with Crippen LogP contribution in [-0.4, -0.2) is 24.7 Å². The summed E-state index contributed by atoms with van der Waals surface area (Å²) >= 11 is 4.80. The van der Waals surface area contributed by atoms with Crippen LogP contribution in [0.5, 0.6) is 5.75 Å². The molecule has 0 unspecified atom stereocenters. The Kier molecular flexibility index (Phi) is 4.03. The molecule has 0 radical (unpaired) electrons. The normalized spacial score (nSPS) is 10.4. The van der Waals surface area contributed by atoms with Crippen LogP contribution in [0.1, 0.15) is 6.92 Å². The first-order chi connectivity index (χ1) is 8.65. The quantitative estimate of drug-likeness (QED) is 0.908. The van der Waals surface area contributed by atoms with Crippen molar-refractivity contribution >= 4 is 48.6 Å². The van der Waals surface area contributed by atoms with Gasteiger partial charge in [0.15, 0.2) is 10.9 Å². The van der Waals surface area contributed by atoms with Gasteiger partial charge in [0.1, 0.15) is 0 Å². The van der Waals surface area contributed by atoms with Crippen molar-refractivity contribution in [2.45, 2.75) is 6.92 Å². The second-order valence-corrected chi connectivity index (χ2v) is 5.29. The van der Waals surface area contributed by atoms with E-state index in [4.69, 9.17) is 4.74 Å². The van der Waals surface area contributed by atoms with Crippen LogP contribution < -0.4 is 15.4 Å². The van der Waals surface area contributed by atoms with E-state index in [1.807, 2.05) is 19.1 Å². The minimum atomic E-state index is -0.255. The standard InChI is InChI=1S/C11H12BrN3O2S/c1-3-13-10(16)15-11-14-7-5-4-6(12)8(17-2)9(7)18-11/h4-5H,3H2,1-2H3,(H2,13,14,15,16). The highest BCUT2D eigenvalue weighted by atomic mass is 79.9. The van der Waals surface area contributed by atoms with Crippen LogP contribution >= 0.6 is 27.3 Å². The number of methoxy groups -OCH3 is 1. The Morgan fingerprint density at radius 2 is 2.33 bits per heavy atom. The zero-order valence-corrected chi connectivity index (χ0v) is 12.3. The van der Waals surface area contributed by atoms with Crippen LogP contribution in [0, 0.1) is 0 Å². The molecule has 2 amide bonds. The topological polar surface area (TPSA) is 63.2 Å². The van der Waals surface area contributed by atoms with Crippen molar-refractivity contribution in [3.05, 3.63) is 16.6 Å². The maximum atomic E-state index is 11.4. The summed E-state index contributed by atoms with van der Waals surface area (Å²) in [4.78, 5) is 15.7. The van der Waals surface area contributed by atoms with E-state index >= 15 is 0 Å². The Bertz CT molecular complexity index is 585. The van der Waals surface area contributed by atoms with Crippen LogP contribution in [0.4, 0.5) is 9.93 Å². The first-order valence-corrected chi connectivity index (χ1v) is 6.94. The van der Waals surface area contributed by atoms with Crippen LogP contribution in [0.2, 0.25) is 0 Å². The first kappa shape index (κ1) is 13.1. The average Bonchev–Trinajstić information content (AvgIpc) is 2.71. The third kappa shape index (κ3) is 2.56. The highest BCUT2D eigenvalue weighted by Gasteiger charge is 2.13. The number of anilines is 1. The van der Waals surface area contributed by atoms with Crippen molar-refractivity contribution in [2.75, 3.05) is 19.0 Å². The van der Waals surface area contributed by atoms with E-state index in [1.54, 1.807) is 7.11 Å². The van der Waals surface area contributed by atoms with E-state index in [0.717, 1.165) is 20.4 Å². The van der Waals surface area contributed by atoms with Gasteiger partial charge < -0.3 is 10.1 Å². The molecule has 1 aromatic heterocycles. The second kappa shape index (κ2) is 5.53. The molecule has 0 aliphatic rings. The summed E-state index contributed by atoms with van der Waals surface area (Å²) in [5, 5.41) is 5.89. The van der Waals surface area contributed by atoms with Gasteiger partial charge in [-0.25, -0.2) is 9.78 Å². The molecule has 96 valence electrons. The lowest BCUT2D eigenvalue weighted by molar-refractivity contribution is 0.252. The van der Waals surface area contributed by atoms with E-state index in [2.05, 4.69) is 31.5 Å². The number of fused-ring (bicyclic) bond motifs is 1. The fraction of sp³-hybridized carbons (Fsp3) is 0.273. The van der Waals surface area contributed by atoms with Gasteiger partial charge in [0.25, 0.3) is 0 Å². The minimum Gasteiger partial charge on any atom is -0.494 e. The number of nitrogens with zero attached hydrogens (tertiary/aromatic N) is 1. The molecule has 0 atom stereocenters. The number of hydrogen-bond donors (Lipinski definition) is 2. The lowest BCUT2D eigenvalue weighted by Crippen LogP contribution is -2.28. The number of rotatable bonds is 3. The number of amides is 2. The van der Waals surface area contributed by atoms with Gasteiger partial charge in [0, 0.05) is 6.54 Å². The van der Waals surface area contributed by atoms with E-state index in [-0.39, 0.29) is 6.03 Å². The Morgan fingerprint density at radius 1 is 1.56 bits per heavy atom. The van der Waals surface area contributed by atoms with Gasteiger partial charge in [-0.1, -0.05) is 11.3 Å². The number of hydrogen-bond acceptors (Lipinski definition) is 4. The Hall–Kier alpha value is -1.34. The van der Waals surface area contributed by atoms with Gasteiger partial charge in [-0.2, -0.15) is 0 Å². The van der Waals surface area contributed by atoms with Gasteiger partial charge in [0.2, 0.25) is 0 Å². The van der Waals surface area contributed by atoms with Crippen molar-refractivity contribution in [2.24, 2.45) is 0 Å². The molecule has 18 heavy (non-hydrogen) atoms. The third-order valence-electron chi connectivity index (χ3n) is 2.23. The molecule has 7 heteroatoms. The molecule has 0 aliphatic carbocycles. The van der Waals surface area contributed by atoms with E-state index in [9.17, 15) is 4.79 Å². The lowest BCUT2D eigenvalue weighted by atomic mass is 10.3. The highest BCUT2D eigenvalue weighted by Crippen LogP contribution is 2.38. The number of thiazole rings is 1. The third-order valence-corrected chi connectivity index (χ3v) is 3.84. The average molecular weight is 330 g/mol. The fourth-order valence-electron chi connectivity index (χ4n) is 1.49. The van der Waals surface area contributed by atoms with Gasteiger partial charge >= 0.3 is 6.03 Å². The first-order valence-electron chi connectivity index (χ1n) is 5.33. The van der Waals surface area contributed by atoms with Crippen molar-refractivity contribution in [1.29, 1.82) is 0 Å². The Balaban J connectivity index is 2.35. The zero-order valence-electron chi connectivity index (χ0n) is 9.91. The molecule has 0 saturated carbocycles. The smallest absolute Gasteiger partial charge is 0.321 e. The molecule has 0 saturated heterocycles. The number of carbonyl (C=O) groups excluding carboxylic acids is 1. The van der Waals surface area contributed by atoms with E-state index in [1.165, 1.54) is 11.3 Å². The number of aromatic nitrogens is 1. The molecule has 1 heterocycles. The fourth-order valence-corrected chi connectivity index (χ4v) is 3.10. The van der Waals surface area contributed by atoms with Crippen LogP contribution in [-0.2, 0) is 0 Å². The zero-order chi connectivity index (χ0) is 13.1.